The number of benzene rings is 2. The molecule has 2 aliphatic rings. The van der Waals surface area contributed by atoms with Crippen LogP contribution in [0, 0.1) is 3.57 Å². The molecule has 1 N–H and O–H groups in total. The molecule has 10 atom stereocenters. The van der Waals surface area contributed by atoms with Crippen molar-refractivity contribution < 1.29 is 90.4 Å². The summed E-state index contributed by atoms with van der Waals surface area (Å²) in [5, 5.41) is 11.1. The number of fused-ring (bicyclic) bond motifs is 1. The van der Waals surface area contributed by atoms with Crippen LogP contribution in [0.1, 0.15) is 48.5 Å². The van der Waals surface area contributed by atoms with Gasteiger partial charge in [-0.05, 0) is 53.8 Å². The van der Waals surface area contributed by atoms with Gasteiger partial charge in [-0.25, -0.2) is 0 Å². The summed E-state index contributed by atoms with van der Waals surface area (Å²) in [5.41, 5.74) is -0.198. The molecule has 0 unspecified atom stereocenters. The number of phenolic OH excluding ortho intramolecular Hbond substituents is 1. The molecule has 1 aromatic heterocycles. The van der Waals surface area contributed by atoms with Gasteiger partial charge in [0.15, 0.2) is 42.2 Å². The number of methoxy groups -OCH3 is 1. The molecule has 2 aromatic carbocycles. The second-order valence-corrected chi connectivity index (χ2v) is 14.8. The van der Waals surface area contributed by atoms with E-state index in [1.165, 1.54) is 26.2 Å². The summed E-state index contributed by atoms with van der Waals surface area (Å²) in [4.78, 5) is 87.5. The Kier molecular flexibility index (Phi) is 15.2. The number of hydrogen-bond donors (Lipinski definition) is 1. The summed E-state index contributed by atoms with van der Waals surface area (Å²) in [7, 11) is 1.50. The van der Waals surface area contributed by atoms with Crippen molar-refractivity contribution in [1.82, 2.24) is 0 Å². The SMILES string of the molecule is COc1ccc(-c2cc(=O)c3c(O)c(I)c(O[C@@H]4O[C@H](CO[C@@H]5O[C@@H](C)[C@H](OC(C)=O)[C@@H](OC(C)=O)[C@H]5OC(C)=O)[C@@H](OC(C)=O)[C@H](OC(C)=O)[C@H]4OC(C)=O)cc3o2)cc1. The van der Waals surface area contributed by atoms with Crippen LogP contribution >= 0.6 is 22.6 Å². The summed E-state index contributed by atoms with van der Waals surface area (Å²) in [6.07, 6.45) is -14.9. The molecule has 0 spiro atoms. The third-order valence-electron chi connectivity index (χ3n) is 9.07. The Balaban J connectivity index is 1.56. The molecule has 2 saturated heterocycles. The molecule has 0 bridgehead atoms. The molecule has 2 aliphatic heterocycles. The maximum atomic E-state index is 13.3. The van der Waals surface area contributed by atoms with Crippen LogP contribution in [0.3, 0.4) is 0 Å². The molecule has 0 radical (unpaired) electrons. The molecule has 0 amide bonds. The quantitative estimate of drug-likeness (QED) is 0.147. The van der Waals surface area contributed by atoms with Gasteiger partial charge in [0.1, 0.15) is 40.1 Å². The molecule has 21 heteroatoms. The molecule has 2 fully saturated rings. The number of halogens is 1. The van der Waals surface area contributed by atoms with Crippen molar-refractivity contribution in [3.63, 3.8) is 0 Å². The minimum atomic E-state index is -1.74. The van der Waals surface area contributed by atoms with Crippen molar-refractivity contribution in [2.24, 2.45) is 0 Å². The highest BCUT2D eigenvalue weighted by Gasteiger charge is 2.55. The van der Waals surface area contributed by atoms with Crippen LogP contribution in [0.15, 0.2) is 45.6 Å². The fourth-order valence-corrected chi connectivity index (χ4v) is 7.29. The van der Waals surface area contributed by atoms with Gasteiger partial charge in [0.2, 0.25) is 12.4 Å². The van der Waals surface area contributed by atoms with E-state index in [1.54, 1.807) is 46.9 Å². The number of hydrogen-bond acceptors (Lipinski definition) is 20. The average Bonchev–Trinajstić information content (AvgIpc) is 3.16. The van der Waals surface area contributed by atoms with Gasteiger partial charge in [0.05, 0.1) is 23.4 Å². The van der Waals surface area contributed by atoms with E-state index in [0.29, 0.717) is 11.3 Å². The Bertz CT molecular complexity index is 2200. The van der Waals surface area contributed by atoms with E-state index in [2.05, 4.69) is 0 Å². The van der Waals surface area contributed by atoms with Crippen LogP contribution < -0.4 is 14.9 Å². The molecular weight excluding hydrogens is 927 g/mol. The standard InChI is InChI=1S/C40H43IO20/c1-16-33(53-17(2)42)35(55-19(4)44)37(57-21(6)46)39(52-16)51-15-29-34(54-18(3)43)36(56-20(5)45)38(58-22(7)47)40(61-29)60-28-14-27-30(32(49)31(28)41)25(48)13-26(59-27)23-9-11-24(50-8)12-10-23/h9-14,16,29,33-40,49H,15H2,1-8H3/t16-,29+,33-,34+,35+,36-,37+,38+,39+,40+/m0/s1. The number of phenols is 1. The molecule has 3 heterocycles. The third kappa shape index (κ3) is 11.3. The second kappa shape index (κ2) is 19.9. The highest BCUT2D eigenvalue weighted by atomic mass is 127. The van der Waals surface area contributed by atoms with Gasteiger partial charge in [-0.2, -0.15) is 0 Å². The Hall–Kier alpha value is -5.52. The minimum Gasteiger partial charge on any atom is -0.506 e. The molecule has 0 aliphatic carbocycles. The van der Waals surface area contributed by atoms with E-state index in [0.717, 1.165) is 41.5 Å². The molecular formula is C40H43IO20. The smallest absolute Gasteiger partial charge is 0.303 e. The maximum Gasteiger partial charge on any atom is 0.303 e. The fourth-order valence-electron chi connectivity index (χ4n) is 6.74. The number of esters is 6. The number of ether oxygens (including phenoxy) is 11. The first kappa shape index (κ1) is 46.5. The van der Waals surface area contributed by atoms with E-state index in [9.17, 15) is 38.7 Å². The van der Waals surface area contributed by atoms with E-state index in [1.807, 2.05) is 0 Å². The van der Waals surface area contributed by atoms with E-state index in [-0.39, 0.29) is 26.0 Å². The van der Waals surface area contributed by atoms with Gasteiger partial charge in [0.25, 0.3) is 0 Å². The topological polar surface area (TPSA) is 254 Å². The number of aromatic hydroxyl groups is 1. The van der Waals surface area contributed by atoms with Crippen LogP contribution in [-0.2, 0) is 71.4 Å². The fraction of sp³-hybridized carbons (Fsp3) is 0.475. The van der Waals surface area contributed by atoms with Crippen LogP contribution in [-0.4, -0.2) is 116 Å². The van der Waals surface area contributed by atoms with Gasteiger partial charge in [-0.1, -0.05) is 0 Å². The molecule has 330 valence electrons. The Labute approximate surface area is 361 Å². The molecule has 3 aromatic rings. The van der Waals surface area contributed by atoms with Crippen molar-refractivity contribution in [2.75, 3.05) is 13.7 Å². The number of carbonyl (C=O) groups excluding carboxylic acids is 6. The van der Waals surface area contributed by atoms with E-state index < -0.39 is 115 Å². The van der Waals surface area contributed by atoms with Crippen molar-refractivity contribution >= 4 is 69.4 Å². The first-order valence-electron chi connectivity index (χ1n) is 18.5. The predicted octanol–water partition coefficient (Wildman–Crippen LogP) is 3.23. The largest absolute Gasteiger partial charge is 0.506 e. The van der Waals surface area contributed by atoms with Gasteiger partial charge in [0, 0.05) is 59.2 Å². The lowest BCUT2D eigenvalue weighted by Gasteiger charge is -2.46. The number of carbonyl (C=O) groups is 6. The van der Waals surface area contributed by atoms with E-state index in [4.69, 9.17) is 56.5 Å². The summed E-state index contributed by atoms with van der Waals surface area (Å²) in [6.45, 7) is 7.28. The van der Waals surface area contributed by atoms with Crippen LogP contribution in [0.5, 0.6) is 17.2 Å². The average molecular weight is 971 g/mol. The predicted molar refractivity (Wildman–Crippen MR) is 212 cm³/mol. The summed E-state index contributed by atoms with van der Waals surface area (Å²) in [5.74, 6) is -5.08. The van der Waals surface area contributed by atoms with Crippen molar-refractivity contribution in [3.8, 4) is 28.6 Å². The highest BCUT2D eigenvalue weighted by molar-refractivity contribution is 14.1. The first-order chi connectivity index (χ1) is 28.8. The van der Waals surface area contributed by atoms with Gasteiger partial charge in [-0.3, -0.25) is 33.6 Å². The molecule has 20 nitrogen and oxygen atoms in total. The lowest BCUT2D eigenvalue weighted by atomic mass is 9.97. The van der Waals surface area contributed by atoms with E-state index >= 15 is 0 Å². The lowest BCUT2D eigenvalue weighted by molar-refractivity contribution is -0.323. The highest BCUT2D eigenvalue weighted by Crippen LogP contribution is 2.40. The van der Waals surface area contributed by atoms with Gasteiger partial charge in [-0.15, -0.1) is 0 Å². The minimum absolute atomic E-state index is 0.00798. The lowest BCUT2D eigenvalue weighted by Crippen LogP contribution is -2.64. The van der Waals surface area contributed by atoms with Crippen LogP contribution in [0.2, 0.25) is 0 Å². The van der Waals surface area contributed by atoms with Crippen molar-refractivity contribution in [3.05, 3.63) is 50.2 Å². The first-order valence-corrected chi connectivity index (χ1v) is 19.6. The van der Waals surface area contributed by atoms with Gasteiger partial charge >= 0.3 is 35.8 Å². The second-order valence-electron chi connectivity index (χ2n) is 13.8. The van der Waals surface area contributed by atoms with Crippen molar-refractivity contribution in [1.29, 1.82) is 0 Å². The number of rotatable bonds is 13. The monoisotopic (exact) mass is 970 g/mol. The van der Waals surface area contributed by atoms with Crippen molar-refractivity contribution in [2.45, 2.75) is 110 Å². The summed E-state index contributed by atoms with van der Waals surface area (Å²) >= 11 is 1.72. The summed E-state index contributed by atoms with van der Waals surface area (Å²) < 4.78 is 68.9. The Morgan fingerprint density at radius 2 is 1.16 bits per heavy atom. The molecule has 5 rings (SSSR count). The zero-order chi connectivity index (χ0) is 44.9. The third-order valence-corrected chi connectivity index (χ3v) is 10.1. The van der Waals surface area contributed by atoms with Crippen LogP contribution in [0.25, 0.3) is 22.3 Å². The zero-order valence-electron chi connectivity index (χ0n) is 34.0. The van der Waals surface area contributed by atoms with Gasteiger partial charge < -0.3 is 61.6 Å². The molecule has 0 saturated carbocycles. The summed E-state index contributed by atoms with van der Waals surface area (Å²) in [6, 6.07) is 9.13. The van der Waals surface area contributed by atoms with Crippen LogP contribution in [0.4, 0.5) is 0 Å². The Morgan fingerprint density at radius 1 is 0.672 bits per heavy atom. The maximum absolute atomic E-state index is 13.3. The Morgan fingerprint density at radius 3 is 1.70 bits per heavy atom. The molecule has 61 heavy (non-hydrogen) atoms. The normalized spacial score (nSPS) is 26.0. The zero-order valence-corrected chi connectivity index (χ0v) is 36.2.